The SMILES string of the molecule is COc1ccccc1S(=O)(=O)Oc1cccc(C)c1C. The molecule has 0 aliphatic heterocycles. The van der Waals surface area contributed by atoms with E-state index in [9.17, 15) is 8.42 Å². The molecule has 0 aliphatic rings. The second-order valence-electron chi connectivity index (χ2n) is 4.39. The van der Waals surface area contributed by atoms with Crippen LogP contribution < -0.4 is 8.92 Å². The van der Waals surface area contributed by atoms with Gasteiger partial charge in [-0.05, 0) is 43.2 Å². The molecule has 106 valence electrons. The van der Waals surface area contributed by atoms with Crippen LogP contribution >= 0.6 is 0 Å². The van der Waals surface area contributed by atoms with E-state index in [1.165, 1.54) is 13.2 Å². The average molecular weight is 292 g/mol. The molecular formula is C15H16O4S. The lowest BCUT2D eigenvalue weighted by Gasteiger charge is -2.12. The van der Waals surface area contributed by atoms with Crippen LogP contribution in [0.4, 0.5) is 0 Å². The molecule has 0 amide bonds. The Kier molecular flexibility index (Phi) is 3.99. The number of rotatable bonds is 4. The van der Waals surface area contributed by atoms with Crippen LogP contribution in [0, 0.1) is 13.8 Å². The van der Waals surface area contributed by atoms with Crippen LogP contribution in [0.2, 0.25) is 0 Å². The van der Waals surface area contributed by atoms with E-state index in [0.717, 1.165) is 11.1 Å². The van der Waals surface area contributed by atoms with Gasteiger partial charge >= 0.3 is 10.1 Å². The highest BCUT2D eigenvalue weighted by molar-refractivity contribution is 7.87. The molecule has 2 aromatic rings. The van der Waals surface area contributed by atoms with Crippen molar-refractivity contribution in [3.05, 3.63) is 53.6 Å². The smallest absolute Gasteiger partial charge is 0.342 e. The van der Waals surface area contributed by atoms with Crippen LogP contribution in [0.15, 0.2) is 47.4 Å². The van der Waals surface area contributed by atoms with Crippen LogP contribution in [0.3, 0.4) is 0 Å². The maximum absolute atomic E-state index is 12.3. The largest absolute Gasteiger partial charge is 0.495 e. The minimum Gasteiger partial charge on any atom is -0.495 e. The van der Waals surface area contributed by atoms with E-state index in [-0.39, 0.29) is 10.6 Å². The molecule has 0 heterocycles. The van der Waals surface area contributed by atoms with Crippen molar-refractivity contribution in [2.24, 2.45) is 0 Å². The van der Waals surface area contributed by atoms with Gasteiger partial charge in [0.2, 0.25) is 0 Å². The number of methoxy groups -OCH3 is 1. The molecule has 0 radical (unpaired) electrons. The Morgan fingerprint density at radius 2 is 1.55 bits per heavy atom. The van der Waals surface area contributed by atoms with Crippen LogP contribution in [-0.2, 0) is 10.1 Å². The molecule has 20 heavy (non-hydrogen) atoms. The van der Waals surface area contributed by atoms with Gasteiger partial charge in [-0.1, -0.05) is 24.3 Å². The summed E-state index contributed by atoms with van der Waals surface area (Å²) in [5.41, 5.74) is 1.77. The summed E-state index contributed by atoms with van der Waals surface area (Å²) < 4.78 is 35.0. The first kappa shape index (κ1) is 14.4. The standard InChI is InChI=1S/C15H16O4S/c1-11-7-6-9-13(12(11)2)19-20(16,17)15-10-5-4-8-14(15)18-3/h4-10H,1-3H3. The van der Waals surface area contributed by atoms with Crippen molar-refractivity contribution in [3.63, 3.8) is 0 Å². The van der Waals surface area contributed by atoms with Gasteiger partial charge in [0, 0.05) is 0 Å². The monoisotopic (exact) mass is 292 g/mol. The molecule has 4 nitrogen and oxygen atoms in total. The van der Waals surface area contributed by atoms with Gasteiger partial charge in [0.15, 0.2) is 0 Å². The lowest BCUT2D eigenvalue weighted by molar-refractivity contribution is 0.398. The molecule has 0 saturated heterocycles. The molecule has 0 aromatic heterocycles. The van der Waals surface area contributed by atoms with E-state index >= 15 is 0 Å². The Labute approximate surface area is 119 Å². The Morgan fingerprint density at radius 3 is 2.25 bits per heavy atom. The molecule has 0 atom stereocenters. The van der Waals surface area contributed by atoms with E-state index in [2.05, 4.69) is 0 Å². The summed E-state index contributed by atoms with van der Waals surface area (Å²) in [7, 11) is -2.50. The number of benzene rings is 2. The summed E-state index contributed by atoms with van der Waals surface area (Å²) >= 11 is 0. The normalized spacial score (nSPS) is 11.2. The second kappa shape index (κ2) is 5.54. The summed E-state index contributed by atoms with van der Waals surface area (Å²) in [6.45, 7) is 3.72. The van der Waals surface area contributed by atoms with Crippen LogP contribution in [0.25, 0.3) is 0 Å². The number of hydrogen-bond acceptors (Lipinski definition) is 4. The minimum absolute atomic E-state index is 0.0170. The Balaban J connectivity index is 2.44. The minimum atomic E-state index is -3.92. The van der Waals surface area contributed by atoms with Crippen molar-refractivity contribution >= 4 is 10.1 Å². The quantitative estimate of drug-likeness (QED) is 0.813. The second-order valence-corrected chi connectivity index (χ2v) is 5.90. The topological polar surface area (TPSA) is 52.6 Å². The molecule has 2 aromatic carbocycles. The van der Waals surface area contributed by atoms with Gasteiger partial charge < -0.3 is 8.92 Å². The van der Waals surface area contributed by atoms with Crippen molar-refractivity contribution in [3.8, 4) is 11.5 Å². The maximum atomic E-state index is 12.3. The summed E-state index contributed by atoms with van der Waals surface area (Å²) in [6.07, 6.45) is 0. The highest BCUT2D eigenvalue weighted by Crippen LogP contribution is 2.28. The zero-order chi connectivity index (χ0) is 14.8. The van der Waals surface area contributed by atoms with Gasteiger partial charge in [-0.3, -0.25) is 0 Å². The van der Waals surface area contributed by atoms with E-state index in [4.69, 9.17) is 8.92 Å². The molecule has 0 saturated carbocycles. The number of aryl methyl sites for hydroxylation is 1. The van der Waals surface area contributed by atoms with Crippen LogP contribution in [-0.4, -0.2) is 15.5 Å². The third kappa shape index (κ3) is 2.77. The van der Waals surface area contributed by atoms with Crippen molar-refractivity contribution in [1.29, 1.82) is 0 Å². The number of hydrogen-bond donors (Lipinski definition) is 0. The summed E-state index contributed by atoms with van der Waals surface area (Å²) in [4.78, 5) is 0.0170. The highest BCUT2D eigenvalue weighted by Gasteiger charge is 2.22. The molecule has 0 N–H and O–H groups in total. The fraction of sp³-hybridized carbons (Fsp3) is 0.200. The van der Waals surface area contributed by atoms with Gasteiger partial charge in [-0.25, -0.2) is 0 Å². The molecule has 2 rings (SSSR count). The van der Waals surface area contributed by atoms with Crippen molar-refractivity contribution in [1.82, 2.24) is 0 Å². The maximum Gasteiger partial charge on any atom is 0.342 e. The summed E-state index contributed by atoms with van der Waals surface area (Å²) in [5.74, 6) is 0.591. The predicted octanol–water partition coefficient (Wildman–Crippen LogP) is 3.08. The van der Waals surface area contributed by atoms with Crippen LogP contribution in [0.5, 0.6) is 11.5 Å². The van der Waals surface area contributed by atoms with Crippen LogP contribution in [0.1, 0.15) is 11.1 Å². The number of para-hydroxylation sites is 1. The lowest BCUT2D eigenvalue weighted by atomic mass is 10.1. The van der Waals surface area contributed by atoms with E-state index in [1.54, 1.807) is 30.3 Å². The van der Waals surface area contributed by atoms with E-state index in [0.29, 0.717) is 5.75 Å². The fourth-order valence-corrected chi connectivity index (χ4v) is 2.95. The first-order valence-electron chi connectivity index (χ1n) is 6.09. The predicted molar refractivity (Wildman–Crippen MR) is 76.7 cm³/mol. The highest BCUT2D eigenvalue weighted by atomic mass is 32.2. The van der Waals surface area contributed by atoms with E-state index in [1.807, 2.05) is 19.9 Å². The molecule has 5 heteroatoms. The van der Waals surface area contributed by atoms with Gasteiger partial charge in [-0.15, -0.1) is 0 Å². The van der Waals surface area contributed by atoms with Gasteiger partial charge in [0.25, 0.3) is 0 Å². The molecule has 0 unspecified atom stereocenters. The van der Waals surface area contributed by atoms with Gasteiger partial charge in [0.05, 0.1) is 7.11 Å². The molecule has 0 fully saturated rings. The first-order chi connectivity index (χ1) is 9.45. The average Bonchev–Trinajstić information content (AvgIpc) is 2.43. The molecule has 0 aliphatic carbocycles. The third-order valence-electron chi connectivity index (χ3n) is 3.09. The van der Waals surface area contributed by atoms with E-state index < -0.39 is 10.1 Å². The van der Waals surface area contributed by atoms with Crippen molar-refractivity contribution < 1.29 is 17.3 Å². The molecule has 0 spiro atoms. The fourth-order valence-electron chi connectivity index (χ4n) is 1.80. The number of ether oxygens (including phenoxy) is 1. The first-order valence-corrected chi connectivity index (χ1v) is 7.50. The third-order valence-corrected chi connectivity index (χ3v) is 4.37. The molecule has 0 bridgehead atoms. The Hall–Kier alpha value is -2.01. The Morgan fingerprint density at radius 1 is 0.900 bits per heavy atom. The van der Waals surface area contributed by atoms with Gasteiger partial charge in [0.1, 0.15) is 16.4 Å². The van der Waals surface area contributed by atoms with Crippen molar-refractivity contribution in [2.45, 2.75) is 18.7 Å². The summed E-state index contributed by atoms with van der Waals surface area (Å²) in [6, 6.07) is 11.7. The van der Waals surface area contributed by atoms with Crippen molar-refractivity contribution in [2.75, 3.05) is 7.11 Å². The lowest BCUT2D eigenvalue weighted by Crippen LogP contribution is -2.12. The molecular weight excluding hydrogens is 276 g/mol. The Bertz CT molecular complexity index is 720. The summed E-state index contributed by atoms with van der Waals surface area (Å²) in [5, 5.41) is 0. The zero-order valence-corrected chi connectivity index (χ0v) is 12.4. The zero-order valence-electron chi connectivity index (χ0n) is 11.6. The van der Waals surface area contributed by atoms with Gasteiger partial charge in [-0.2, -0.15) is 8.42 Å².